The molecule has 0 spiro atoms. The van der Waals surface area contributed by atoms with Gasteiger partial charge in [0.25, 0.3) is 0 Å². The molecule has 0 bridgehead atoms. The zero-order valence-electron chi connectivity index (χ0n) is 38.8. The average Bonchev–Trinajstić information content (AvgIpc) is 4.12. The van der Waals surface area contributed by atoms with Crippen LogP contribution in [0.1, 0.15) is 183 Å². The molecular formula is C49H76BBr2FN3S5. The van der Waals surface area contributed by atoms with Crippen LogP contribution in [0.3, 0.4) is 0 Å². The maximum absolute atomic E-state index is 9.96. The van der Waals surface area contributed by atoms with Gasteiger partial charge in [-0.25, -0.2) is 0 Å². The van der Waals surface area contributed by atoms with Crippen LogP contribution >= 0.6 is 90.0 Å². The third-order valence-electron chi connectivity index (χ3n) is 12.0. The first-order valence-electron chi connectivity index (χ1n) is 24.2. The molecule has 12 heteroatoms. The zero-order chi connectivity index (χ0) is 45.0. The van der Waals surface area contributed by atoms with Crippen molar-refractivity contribution in [2.45, 2.75) is 195 Å². The van der Waals surface area contributed by atoms with Crippen LogP contribution in [0.4, 0.5) is 4.39 Å². The van der Waals surface area contributed by atoms with Crippen LogP contribution in [-0.4, -0.2) is 23.9 Å². The number of thiol groups is 1. The summed E-state index contributed by atoms with van der Waals surface area (Å²) in [6.45, 7) is 11.6. The van der Waals surface area contributed by atoms with Crippen molar-refractivity contribution in [3.8, 4) is 0 Å². The molecule has 0 fully saturated rings. The third-order valence-corrected chi connectivity index (χ3v) is 17.4. The van der Waals surface area contributed by atoms with E-state index in [0.717, 1.165) is 11.8 Å². The molecule has 0 aliphatic rings. The fourth-order valence-electron chi connectivity index (χ4n) is 8.77. The summed E-state index contributed by atoms with van der Waals surface area (Å²) in [6.07, 6.45) is 33.5. The molecule has 2 atom stereocenters. The Morgan fingerprint density at radius 3 is 1.21 bits per heavy atom. The summed E-state index contributed by atoms with van der Waals surface area (Å²) in [6, 6.07) is 9.34. The van der Waals surface area contributed by atoms with Gasteiger partial charge in [0.05, 0.1) is 57.0 Å². The van der Waals surface area contributed by atoms with Gasteiger partial charge in [-0.3, -0.25) is 4.39 Å². The van der Waals surface area contributed by atoms with Crippen molar-refractivity contribution < 1.29 is 5.76 Å². The molecule has 0 aliphatic heterocycles. The van der Waals surface area contributed by atoms with E-state index in [-0.39, 0.29) is 0 Å². The second kappa shape index (κ2) is 33.0. The van der Waals surface area contributed by atoms with Crippen molar-refractivity contribution in [3.63, 3.8) is 0 Å². The standard InChI is InChI=1S/C24H35Br2NS2.C24H37NS2.CH3F.BHNS/c1-3-5-7-9-10-12-14-18(13-11-8-6-4-2)17-27-19-15-21(25)28-23(19)24-20(27)16-22(26)29-24;1-3-5-7-9-10-12-14-20(13-11-8-6-4-2)19-25-21-15-17-26-23(21)24-22(25)16-18-27-24;1-2;1-2-3/h15-16,18H,3-14,17H2,1-2H3;15-18,20H,3-14,19H2,1-2H3;1H3;3H/i;;1D;. The van der Waals surface area contributed by atoms with Gasteiger partial charge in [-0.05, 0) is 104 Å². The number of nitrogens with zero attached hydrogens (tertiary/aromatic N) is 3. The number of unbranched alkanes of at least 4 members (excludes halogenated alkanes) is 16. The number of alkyl halides is 1. The van der Waals surface area contributed by atoms with Crippen LogP contribution in [0.5, 0.6) is 0 Å². The second-order valence-corrected chi connectivity index (χ2v) is 23.6. The van der Waals surface area contributed by atoms with Crippen LogP contribution < -0.4 is 0 Å². The van der Waals surface area contributed by atoms with Crippen LogP contribution in [0, 0.1) is 11.8 Å². The summed E-state index contributed by atoms with van der Waals surface area (Å²) in [5.74, 6) is 1.64. The van der Waals surface area contributed by atoms with Gasteiger partial charge in [-0.2, -0.15) is 0 Å². The van der Waals surface area contributed by atoms with Gasteiger partial charge < -0.3 is 9.13 Å². The summed E-state index contributed by atoms with van der Waals surface area (Å²) >= 11 is 18.2. The van der Waals surface area contributed by atoms with E-state index in [1.807, 2.05) is 45.3 Å². The van der Waals surface area contributed by atoms with Crippen LogP contribution in [-0.2, 0) is 13.1 Å². The molecule has 6 rings (SSSR count). The molecule has 0 saturated heterocycles. The van der Waals surface area contributed by atoms with Gasteiger partial charge >= 0.3 is 24.8 Å². The molecule has 3 nitrogen and oxygen atoms in total. The molecule has 6 heterocycles. The Kier molecular flexibility index (Phi) is 28.8. The normalized spacial score (nSPS) is 12.5. The third kappa shape index (κ3) is 18.4. The van der Waals surface area contributed by atoms with Gasteiger partial charge in [-0.1, -0.05) is 156 Å². The second-order valence-electron chi connectivity index (χ2n) is 16.7. The average molecular weight is 1060 g/mol. The van der Waals surface area contributed by atoms with Crippen molar-refractivity contribution in [1.82, 2.24) is 9.13 Å². The van der Waals surface area contributed by atoms with E-state index in [1.165, 1.54) is 216 Å². The number of hydrogen-bond acceptors (Lipinski definition) is 6. The summed E-state index contributed by atoms with van der Waals surface area (Å²) in [7, 11) is 3.34. The van der Waals surface area contributed by atoms with Crippen LogP contribution in [0.25, 0.3) is 40.9 Å². The zero-order valence-corrected chi connectivity index (χ0v) is 45.2. The predicted molar refractivity (Wildman–Crippen MR) is 290 cm³/mol. The molecule has 1 radical (unpaired) electrons. The predicted octanol–water partition coefficient (Wildman–Crippen LogP) is 20.8. The van der Waals surface area contributed by atoms with Crippen LogP contribution in [0.15, 0.2) is 46.9 Å². The fourth-order valence-corrected chi connectivity index (χ4v) is 14.1. The minimum atomic E-state index is -1.00. The van der Waals surface area contributed by atoms with Crippen molar-refractivity contribution >= 4 is 139 Å². The summed E-state index contributed by atoms with van der Waals surface area (Å²) in [5, 5.41) is 4.54. The summed E-state index contributed by atoms with van der Waals surface area (Å²) in [5.41, 5.74) is 5.81. The molecule has 341 valence electrons. The van der Waals surface area contributed by atoms with E-state index in [4.69, 9.17) is 1.37 Å². The molecule has 6 aromatic heterocycles. The first-order chi connectivity index (χ1) is 30.3. The Hall–Kier alpha value is -0.495. The molecular weight excluding hydrogens is 981 g/mol. The van der Waals surface area contributed by atoms with E-state index in [0.29, 0.717) is 0 Å². The Morgan fingerprint density at radius 1 is 0.574 bits per heavy atom. The molecule has 0 amide bonds. The van der Waals surface area contributed by atoms with E-state index in [2.05, 4.69) is 128 Å². The molecule has 0 aliphatic carbocycles. The monoisotopic (exact) mass is 1060 g/mol. The Morgan fingerprint density at radius 2 is 0.869 bits per heavy atom. The topological polar surface area (TPSA) is 22.2 Å². The first-order valence-corrected chi connectivity index (χ1v) is 28.9. The maximum atomic E-state index is 9.96. The van der Waals surface area contributed by atoms with E-state index in [1.54, 1.807) is 0 Å². The van der Waals surface area contributed by atoms with E-state index < -0.39 is 7.15 Å². The van der Waals surface area contributed by atoms with Gasteiger partial charge in [0, 0.05) is 13.1 Å². The van der Waals surface area contributed by atoms with Crippen molar-refractivity contribution in [3.05, 3.63) is 42.6 Å². The summed E-state index contributed by atoms with van der Waals surface area (Å²) < 4.78 is 31.9. The van der Waals surface area contributed by atoms with Crippen LogP contribution in [0.2, 0.25) is 0 Å². The van der Waals surface area contributed by atoms with E-state index in [9.17, 15) is 4.39 Å². The molecule has 6 aromatic rings. The molecule has 0 N–H and O–H groups in total. The van der Waals surface area contributed by atoms with E-state index >= 15 is 0 Å². The number of fused-ring (bicyclic) bond motifs is 6. The molecule has 2 unspecified atom stereocenters. The van der Waals surface area contributed by atoms with Crippen molar-refractivity contribution in [2.24, 2.45) is 16.1 Å². The summed E-state index contributed by atoms with van der Waals surface area (Å²) in [4.78, 5) is 0. The SMILES string of the molecule is CCCCCCCCC(CCCCCC)Cn1c2cc(Br)sc2c2sc(Br)cc21.CCCCCCCCC(CCCCCC)Cn1c2ccsc2c2sccc21.[2H]CF.[B]=NS. The number of thiophene rings is 4. The first kappa shape index (κ1) is 53.1. The number of rotatable bonds is 28. The Labute approximate surface area is 410 Å². The Balaban J connectivity index is 0.000000294. The Bertz CT molecular complexity index is 1930. The number of hydrogen-bond donors (Lipinski definition) is 1. The van der Waals surface area contributed by atoms with Gasteiger partial charge in [0.15, 0.2) is 0 Å². The fraction of sp³-hybridized carbons (Fsp3) is 0.673. The minimum absolute atomic E-state index is 0.800. The quantitative estimate of drug-likeness (QED) is 0.0287. The van der Waals surface area contributed by atoms with Gasteiger partial charge in [0.1, 0.15) is 0 Å². The number of aromatic nitrogens is 2. The van der Waals surface area contributed by atoms with Gasteiger partial charge in [-0.15, -0.1) is 45.3 Å². The van der Waals surface area contributed by atoms with Crippen molar-refractivity contribution in [1.29, 1.82) is 0 Å². The van der Waals surface area contributed by atoms with Gasteiger partial charge in [0.2, 0.25) is 0 Å². The van der Waals surface area contributed by atoms with Crippen molar-refractivity contribution in [2.75, 3.05) is 7.15 Å². The molecule has 0 aromatic carbocycles. The number of halogens is 3. The molecule has 61 heavy (non-hydrogen) atoms. The molecule has 0 saturated carbocycles.